The number of piperidine rings is 1. The number of amides is 1. The number of aliphatic carboxylic acids is 1. The molecule has 1 unspecified atom stereocenters. The van der Waals surface area contributed by atoms with Gasteiger partial charge in [-0.3, -0.25) is 14.5 Å². The van der Waals surface area contributed by atoms with Crippen molar-refractivity contribution in [2.24, 2.45) is 5.41 Å². The Labute approximate surface area is 114 Å². The van der Waals surface area contributed by atoms with Gasteiger partial charge in [-0.1, -0.05) is 19.3 Å². The summed E-state index contributed by atoms with van der Waals surface area (Å²) >= 11 is 0. The molecule has 0 spiro atoms. The second kappa shape index (κ2) is 7.15. The Morgan fingerprint density at radius 2 is 2.26 bits per heavy atom. The number of hydrogen-bond acceptors (Lipinski definition) is 3. The van der Waals surface area contributed by atoms with Gasteiger partial charge in [0.25, 0.3) is 0 Å². The summed E-state index contributed by atoms with van der Waals surface area (Å²) in [6.45, 7) is 3.64. The Morgan fingerprint density at radius 1 is 1.53 bits per heavy atom. The maximum absolute atomic E-state index is 11.6. The number of nitrogens with zero attached hydrogens (tertiary/aromatic N) is 1. The Bertz CT molecular complexity index is 371. The third-order valence-electron chi connectivity index (χ3n) is 3.59. The number of nitrogens with one attached hydrogen (secondary N) is 1. The molecule has 1 fully saturated rings. The number of carbonyl (C=O) groups is 2. The lowest BCUT2D eigenvalue weighted by Gasteiger charge is -2.39. The second-order valence-electron chi connectivity index (χ2n) is 5.13. The minimum atomic E-state index is -0.747. The molecule has 0 radical (unpaired) electrons. The fourth-order valence-electron chi connectivity index (χ4n) is 2.73. The number of carboxylic acid groups (broad SMARTS) is 1. The third kappa shape index (κ3) is 4.25. The van der Waals surface area contributed by atoms with Crippen molar-refractivity contribution in [2.45, 2.75) is 32.6 Å². The zero-order valence-electron chi connectivity index (χ0n) is 11.4. The first-order chi connectivity index (χ1) is 9.04. The summed E-state index contributed by atoms with van der Waals surface area (Å²) in [6.07, 6.45) is 8.08. The van der Waals surface area contributed by atoms with Crippen LogP contribution in [0.15, 0.2) is 0 Å². The van der Waals surface area contributed by atoms with Crippen molar-refractivity contribution in [3.05, 3.63) is 0 Å². The Hall–Kier alpha value is -1.54. The van der Waals surface area contributed by atoms with Crippen LogP contribution in [0.25, 0.3) is 0 Å². The standard InChI is InChI=1S/C14H22N2O3/c1-3-6-14(13(18)19)7-5-9-16(11-14)10-12(17)15-8-4-2/h2H,3,5-11H2,1H3,(H,15,17)(H,18,19). The summed E-state index contributed by atoms with van der Waals surface area (Å²) in [5.74, 6) is 1.46. The van der Waals surface area contributed by atoms with Gasteiger partial charge in [-0.05, 0) is 25.8 Å². The highest BCUT2D eigenvalue weighted by Gasteiger charge is 2.41. The van der Waals surface area contributed by atoms with Crippen LogP contribution in [0.4, 0.5) is 0 Å². The van der Waals surface area contributed by atoms with Crippen LogP contribution in [0.5, 0.6) is 0 Å². The second-order valence-corrected chi connectivity index (χ2v) is 5.13. The maximum Gasteiger partial charge on any atom is 0.310 e. The van der Waals surface area contributed by atoms with E-state index >= 15 is 0 Å². The number of terminal acetylenes is 1. The summed E-state index contributed by atoms with van der Waals surface area (Å²) < 4.78 is 0. The lowest BCUT2D eigenvalue weighted by atomic mass is 9.76. The van der Waals surface area contributed by atoms with E-state index in [-0.39, 0.29) is 19.0 Å². The summed E-state index contributed by atoms with van der Waals surface area (Å²) in [4.78, 5) is 25.0. The Morgan fingerprint density at radius 3 is 2.84 bits per heavy atom. The molecule has 1 heterocycles. The maximum atomic E-state index is 11.6. The van der Waals surface area contributed by atoms with Crippen LogP contribution in [0.1, 0.15) is 32.6 Å². The van der Waals surface area contributed by atoms with Crippen LogP contribution >= 0.6 is 0 Å². The molecule has 19 heavy (non-hydrogen) atoms. The molecule has 0 aromatic heterocycles. The summed E-state index contributed by atoms with van der Waals surface area (Å²) in [7, 11) is 0. The highest BCUT2D eigenvalue weighted by Crippen LogP contribution is 2.34. The van der Waals surface area contributed by atoms with Gasteiger partial charge < -0.3 is 10.4 Å². The first-order valence-corrected chi connectivity index (χ1v) is 6.70. The van der Waals surface area contributed by atoms with E-state index in [2.05, 4.69) is 11.2 Å². The minimum absolute atomic E-state index is 0.143. The Balaban J connectivity index is 2.60. The van der Waals surface area contributed by atoms with Gasteiger partial charge in [0.15, 0.2) is 0 Å². The fraction of sp³-hybridized carbons (Fsp3) is 0.714. The number of carboxylic acids is 1. The van der Waals surface area contributed by atoms with Gasteiger partial charge in [-0.25, -0.2) is 0 Å². The van der Waals surface area contributed by atoms with E-state index in [1.54, 1.807) is 0 Å². The summed E-state index contributed by atoms with van der Waals surface area (Å²) in [5, 5.41) is 12.1. The zero-order chi connectivity index (χ0) is 14.3. The molecule has 0 aromatic carbocycles. The Kier molecular flexibility index (Phi) is 5.84. The molecule has 0 saturated carbocycles. The van der Waals surface area contributed by atoms with Crippen molar-refractivity contribution in [3.8, 4) is 12.3 Å². The van der Waals surface area contributed by atoms with Gasteiger partial charge in [0.2, 0.25) is 5.91 Å². The minimum Gasteiger partial charge on any atom is -0.481 e. The molecule has 1 amide bonds. The first-order valence-electron chi connectivity index (χ1n) is 6.70. The van der Waals surface area contributed by atoms with E-state index in [0.717, 1.165) is 19.4 Å². The monoisotopic (exact) mass is 266 g/mol. The average molecular weight is 266 g/mol. The highest BCUT2D eigenvalue weighted by atomic mass is 16.4. The average Bonchev–Trinajstić information content (AvgIpc) is 2.37. The lowest BCUT2D eigenvalue weighted by Crippen LogP contribution is -2.50. The van der Waals surface area contributed by atoms with Crippen molar-refractivity contribution < 1.29 is 14.7 Å². The summed E-state index contributed by atoms with van der Waals surface area (Å²) in [5.41, 5.74) is -0.695. The molecule has 2 N–H and O–H groups in total. The smallest absolute Gasteiger partial charge is 0.310 e. The molecule has 0 aliphatic carbocycles. The van der Waals surface area contributed by atoms with Crippen LogP contribution in [-0.2, 0) is 9.59 Å². The number of likely N-dealkylation sites (tertiary alicyclic amines) is 1. The number of hydrogen-bond donors (Lipinski definition) is 2. The van der Waals surface area contributed by atoms with Gasteiger partial charge in [0, 0.05) is 6.54 Å². The molecule has 1 saturated heterocycles. The van der Waals surface area contributed by atoms with Gasteiger partial charge in [-0.2, -0.15) is 0 Å². The fourth-order valence-corrected chi connectivity index (χ4v) is 2.73. The molecule has 1 aliphatic rings. The largest absolute Gasteiger partial charge is 0.481 e. The normalized spacial score (nSPS) is 23.6. The van der Waals surface area contributed by atoms with Gasteiger partial charge >= 0.3 is 5.97 Å². The van der Waals surface area contributed by atoms with Crippen LogP contribution in [-0.4, -0.2) is 48.1 Å². The number of carbonyl (C=O) groups excluding carboxylic acids is 1. The molecule has 0 aromatic rings. The molecule has 1 atom stereocenters. The van der Waals surface area contributed by atoms with Gasteiger partial charge in [0.1, 0.15) is 0 Å². The van der Waals surface area contributed by atoms with E-state index in [1.807, 2.05) is 11.8 Å². The van der Waals surface area contributed by atoms with Gasteiger partial charge in [-0.15, -0.1) is 6.42 Å². The molecule has 1 rings (SSSR count). The predicted molar refractivity (Wildman–Crippen MR) is 72.5 cm³/mol. The topological polar surface area (TPSA) is 69.6 Å². The molecule has 1 aliphatic heterocycles. The number of rotatable bonds is 6. The molecule has 5 nitrogen and oxygen atoms in total. The van der Waals surface area contributed by atoms with Gasteiger partial charge in [0.05, 0.1) is 18.5 Å². The van der Waals surface area contributed by atoms with Crippen molar-refractivity contribution >= 4 is 11.9 Å². The SMILES string of the molecule is C#CCNC(=O)CN1CCCC(CCC)(C(=O)O)C1. The quantitative estimate of drug-likeness (QED) is 0.694. The zero-order valence-corrected chi connectivity index (χ0v) is 11.4. The molecule has 106 valence electrons. The van der Waals surface area contributed by atoms with E-state index in [4.69, 9.17) is 6.42 Å². The van der Waals surface area contributed by atoms with Crippen molar-refractivity contribution in [2.75, 3.05) is 26.2 Å². The molecular weight excluding hydrogens is 244 g/mol. The van der Waals surface area contributed by atoms with Crippen molar-refractivity contribution in [1.29, 1.82) is 0 Å². The predicted octanol–water partition coefficient (Wildman–Crippen LogP) is 0.703. The molecule has 5 heteroatoms. The van der Waals surface area contributed by atoms with Crippen LogP contribution in [0, 0.1) is 17.8 Å². The highest BCUT2D eigenvalue weighted by molar-refractivity contribution is 5.79. The van der Waals surface area contributed by atoms with Crippen LogP contribution in [0.2, 0.25) is 0 Å². The molecule has 0 bridgehead atoms. The first kappa shape index (κ1) is 15.5. The summed E-state index contributed by atoms with van der Waals surface area (Å²) in [6, 6.07) is 0. The van der Waals surface area contributed by atoms with Crippen molar-refractivity contribution in [1.82, 2.24) is 10.2 Å². The van der Waals surface area contributed by atoms with E-state index in [1.165, 1.54) is 0 Å². The molecular formula is C14H22N2O3. The van der Waals surface area contributed by atoms with E-state index in [9.17, 15) is 14.7 Å². The van der Waals surface area contributed by atoms with Crippen molar-refractivity contribution in [3.63, 3.8) is 0 Å². The van der Waals surface area contributed by atoms with E-state index < -0.39 is 11.4 Å². The third-order valence-corrected chi connectivity index (χ3v) is 3.59. The van der Waals surface area contributed by atoms with Crippen LogP contribution < -0.4 is 5.32 Å². The van der Waals surface area contributed by atoms with E-state index in [0.29, 0.717) is 19.4 Å². The lowest BCUT2D eigenvalue weighted by molar-refractivity contribution is -0.154. The van der Waals surface area contributed by atoms with Crippen LogP contribution in [0.3, 0.4) is 0 Å².